The van der Waals surface area contributed by atoms with Crippen molar-refractivity contribution in [2.45, 2.75) is 6.54 Å². The quantitative estimate of drug-likeness (QED) is 0.740. The van der Waals surface area contributed by atoms with Gasteiger partial charge in [0.15, 0.2) is 0 Å². The van der Waals surface area contributed by atoms with Crippen molar-refractivity contribution in [3.8, 4) is 0 Å². The highest BCUT2D eigenvalue weighted by atomic mass is 16.6. The van der Waals surface area contributed by atoms with Crippen LogP contribution in [0.4, 0.5) is 10.5 Å². The number of nitrogens with two attached hydrogens (primary N) is 1. The third kappa shape index (κ3) is 4.29. The Kier molecular flexibility index (Phi) is 5.31. The van der Waals surface area contributed by atoms with Gasteiger partial charge in [-0.3, -0.25) is 5.32 Å². The van der Waals surface area contributed by atoms with Crippen LogP contribution in [0.25, 0.3) is 0 Å². The average Bonchev–Trinajstić information content (AvgIpc) is 2.30. The molecule has 0 aliphatic rings. The maximum Gasteiger partial charge on any atom is 0.411 e. The van der Waals surface area contributed by atoms with Crippen molar-refractivity contribution in [2.75, 3.05) is 25.6 Å². The first-order chi connectivity index (χ1) is 7.76. The van der Waals surface area contributed by atoms with E-state index in [4.69, 9.17) is 15.2 Å². The van der Waals surface area contributed by atoms with Crippen LogP contribution in [0.5, 0.6) is 0 Å². The van der Waals surface area contributed by atoms with Crippen LogP contribution in [0.1, 0.15) is 5.56 Å². The molecule has 0 bridgehead atoms. The molecule has 1 amide bonds. The number of anilines is 1. The second-order valence-electron chi connectivity index (χ2n) is 3.15. The first-order valence-electron chi connectivity index (χ1n) is 4.98. The zero-order valence-corrected chi connectivity index (χ0v) is 9.23. The third-order valence-electron chi connectivity index (χ3n) is 1.96. The molecule has 5 nitrogen and oxygen atoms in total. The van der Waals surface area contributed by atoms with E-state index in [1.807, 2.05) is 12.1 Å². The summed E-state index contributed by atoms with van der Waals surface area (Å²) in [5, 5.41) is 2.59. The third-order valence-corrected chi connectivity index (χ3v) is 1.96. The molecule has 3 N–H and O–H groups in total. The fourth-order valence-electron chi connectivity index (χ4n) is 1.10. The summed E-state index contributed by atoms with van der Waals surface area (Å²) in [6, 6.07) is 7.26. The molecule has 16 heavy (non-hydrogen) atoms. The Labute approximate surface area is 94.5 Å². The Morgan fingerprint density at radius 2 is 2.00 bits per heavy atom. The molecule has 1 rings (SSSR count). The van der Waals surface area contributed by atoms with Gasteiger partial charge in [-0.15, -0.1) is 0 Å². The Bertz CT molecular complexity index is 325. The summed E-state index contributed by atoms with van der Waals surface area (Å²) in [4.78, 5) is 11.2. The Balaban J connectivity index is 2.37. The van der Waals surface area contributed by atoms with Crippen molar-refractivity contribution in [3.63, 3.8) is 0 Å². The molecule has 0 saturated carbocycles. The van der Waals surface area contributed by atoms with Gasteiger partial charge >= 0.3 is 6.09 Å². The van der Waals surface area contributed by atoms with Gasteiger partial charge in [-0.1, -0.05) is 12.1 Å². The Hall–Kier alpha value is -1.59. The van der Waals surface area contributed by atoms with Crippen molar-refractivity contribution in [1.82, 2.24) is 0 Å². The van der Waals surface area contributed by atoms with Crippen LogP contribution < -0.4 is 11.1 Å². The number of methoxy groups -OCH3 is 1. The zero-order chi connectivity index (χ0) is 11.8. The number of hydrogen-bond donors (Lipinski definition) is 2. The van der Waals surface area contributed by atoms with Crippen molar-refractivity contribution in [3.05, 3.63) is 29.8 Å². The van der Waals surface area contributed by atoms with E-state index in [0.717, 1.165) is 5.56 Å². The predicted octanol–water partition coefficient (Wildman–Crippen LogP) is 1.34. The van der Waals surface area contributed by atoms with Gasteiger partial charge in [0.2, 0.25) is 0 Å². The molecule has 0 radical (unpaired) electrons. The number of hydrogen-bond acceptors (Lipinski definition) is 4. The molecule has 5 heteroatoms. The van der Waals surface area contributed by atoms with Gasteiger partial charge in [0.05, 0.1) is 6.61 Å². The summed E-state index contributed by atoms with van der Waals surface area (Å²) in [5.74, 6) is 0. The van der Waals surface area contributed by atoms with E-state index in [-0.39, 0.29) is 6.61 Å². The maximum atomic E-state index is 11.2. The van der Waals surface area contributed by atoms with Crippen LogP contribution in [0.2, 0.25) is 0 Å². The Morgan fingerprint density at radius 1 is 1.31 bits per heavy atom. The lowest BCUT2D eigenvalue weighted by Gasteiger charge is -2.06. The number of carbonyl (C=O) groups excluding carboxylic acids is 1. The molecule has 1 aromatic rings. The predicted molar refractivity (Wildman–Crippen MR) is 61.2 cm³/mol. The van der Waals surface area contributed by atoms with E-state index < -0.39 is 6.09 Å². The molecular formula is C11H16N2O3. The largest absolute Gasteiger partial charge is 0.447 e. The van der Waals surface area contributed by atoms with Gasteiger partial charge in [-0.05, 0) is 17.7 Å². The van der Waals surface area contributed by atoms with E-state index >= 15 is 0 Å². The van der Waals surface area contributed by atoms with Crippen molar-refractivity contribution in [1.29, 1.82) is 0 Å². The molecule has 0 atom stereocenters. The van der Waals surface area contributed by atoms with E-state index in [9.17, 15) is 4.79 Å². The molecule has 0 aliphatic heterocycles. The topological polar surface area (TPSA) is 73.6 Å². The van der Waals surface area contributed by atoms with E-state index in [1.54, 1.807) is 19.2 Å². The van der Waals surface area contributed by atoms with Gasteiger partial charge in [0, 0.05) is 19.3 Å². The first-order valence-corrected chi connectivity index (χ1v) is 4.98. The van der Waals surface area contributed by atoms with Crippen LogP contribution in [-0.4, -0.2) is 26.4 Å². The maximum absolute atomic E-state index is 11.2. The van der Waals surface area contributed by atoms with E-state index in [2.05, 4.69) is 5.32 Å². The number of benzene rings is 1. The molecule has 88 valence electrons. The second kappa shape index (κ2) is 6.81. The summed E-state index contributed by atoms with van der Waals surface area (Å²) >= 11 is 0. The summed E-state index contributed by atoms with van der Waals surface area (Å²) in [6.07, 6.45) is -0.488. The van der Waals surface area contributed by atoms with E-state index in [0.29, 0.717) is 18.8 Å². The lowest BCUT2D eigenvalue weighted by atomic mass is 10.2. The standard InChI is InChI=1S/C11H16N2O3/c1-15-6-7-16-11(14)13-10-4-2-9(8-12)3-5-10/h2-5H,6-8,12H2,1H3,(H,13,14). The lowest BCUT2D eigenvalue weighted by molar-refractivity contribution is 0.107. The molecule has 0 heterocycles. The highest BCUT2D eigenvalue weighted by Gasteiger charge is 2.02. The highest BCUT2D eigenvalue weighted by Crippen LogP contribution is 2.09. The normalized spacial score (nSPS) is 9.88. The van der Waals surface area contributed by atoms with Gasteiger partial charge in [-0.2, -0.15) is 0 Å². The zero-order valence-electron chi connectivity index (χ0n) is 9.23. The van der Waals surface area contributed by atoms with Crippen LogP contribution >= 0.6 is 0 Å². The average molecular weight is 224 g/mol. The summed E-state index contributed by atoms with van der Waals surface area (Å²) < 4.78 is 9.60. The van der Waals surface area contributed by atoms with Crippen LogP contribution in [0.3, 0.4) is 0 Å². The van der Waals surface area contributed by atoms with Gasteiger partial charge in [-0.25, -0.2) is 4.79 Å². The monoisotopic (exact) mass is 224 g/mol. The fraction of sp³-hybridized carbons (Fsp3) is 0.364. The molecule has 0 aromatic heterocycles. The van der Waals surface area contributed by atoms with Crippen LogP contribution in [0.15, 0.2) is 24.3 Å². The van der Waals surface area contributed by atoms with Crippen molar-refractivity contribution in [2.24, 2.45) is 5.73 Å². The highest BCUT2D eigenvalue weighted by molar-refractivity contribution is 5.84. The number of nitrogens with one attached hydrogen (secondary N) is 1. The second-order valence-corrected chi connectivity index (χ2v) is 3.15. The minimum Gasteiger partial charge on any atom is -0.447 e. The summed E-state index contributed by atoms with van der Waals surface area (Å²) in [6.45, 7) is 1.11. The lowest BCUT2D eigenvalue weighted by Crippen LogP contribution is -2.16. The molecule has 0 spiro atoms. The minimum absolute atomic E-state index is 0.239. The molecule has 0 aliphatic carbocycles. The van der Waals surface area contributed by atoms with Gasteiger partial charge < -0.3 is 15.2 Å². The number of ether oxygens (including phenoxy) is 2. The Morgan fingerprint density at radius 3 is 2.56 bits per heavy atom. The van der Waals surface area contributed by atoms with Crippen molar-refractivity contribution < 1.29 is 14.3 Å². The van der Waals surface area contributed by atoms with Gasteiger partial charge in [0.25, 0.3) is 0 Å². The first kappa shape index (κ1) is 12.5. The summed E-state index contributed by atoms with van der Waals surface area (Å²) in [5.41, 5.74) is 7.15. The molecule has 0 saturated heterocycles. The minimum atomic E-state index is -0.488. The molecule has 0 fully saturated rings. The van der Waals surface area contributed by atoms with Gasteiger partial charge in [0.1, 0.15) is 6.61 Å². The van der Waals surface area contributed by atoms with E-state index in [1.165, 1.54) is 0 Å². The smallest absolute Gasteiger partial charge is 0.411 e. The number of rotatable bonds is 5. The number of carbonyl (C=O) groups is 1. The SMILES string of the molecule is COCCOC(=O)Nc1ccc(CN)cc1. The molecular weight excluding hydrogens is 208 g/mol. The van der Waals surface area contributed by atoms with Crippen molar-refractivity contribution >= 4 is 11.8 Å². The molecule has 0 unspecified atom stereocenters. The van der Waals surface area contributed by atoms with Crippen LogP contribution in [-0.2, 0) is 16.0 Å². The molecule has 1 aromatic carbocycles. The summed E-state index contributed by atoms with van der Waals surface area (Å²) in [7, 11) is 1.55. The van der Waals surface area contributed by atoms with Crippen LogP contribution in [0, 0.1) is 0 Å². The number of amides is 1. The fourth-order valence-corrected chi connectivity index (χ4v) is 1.10.